The molecule has 0 aromatic heterocycles. The van der Waals surface area contributed by atoms with E-state index >= 15 is 0 Å². The van der Waals surface area contributed by atoms with E-state index in [4.69, 9.17) is 5.11 Å². The molecule has 3 nitrogen and oxygen atoms in total. The van der Waals surface area contributed by atoms with Crippen LogP contribution in [0.1, 0.15) is 19.3 Å². The molecule has 0 atom stereocenters. The van der Waals surface area contributed by atoms with E-state index in [2.05, 4.69) is 11.6 Å². The van der Waals surface area contributed by atoms with Crippen LogP contribution in [-0.4, -0.2) is 36.2 Å². The number of hydrogen-bond acceptors (Lipinski definition) is 3. The molecular weight excluding hydrogens is 174 g/mol. The molecular formula is C8H17NO2S. The van der Waals surface area contributed by atoms with Crippen LogP contribution >= 0.6 is 11.8 Å². The Morgan fingerprint density at radius 2 is 2.17 bits per heavy atom. The van der Waals surface area contributed by atoms with Crippen molar-refractivity contribution in [3.05, 3.63) is 0 Å². The Morgan fingerprint density at radius 3 is 2.75 bits per heavy atom. The van der Waals surface area contributed by atoms with Crippen molar-refractivity contribution < 1.29 is 9.90 Å². The van der Waals surface area contributed by atoms with Crippen LogP contribution in [-0.2, 0) is 4.79 Å². The van der Waals surface area contributed by atoms with Gasteiger partial charge in [0, 0.05) is 0 Å². The summed E-state index contributed by atoms with van der Waals surface area (Å²) >= 11 is 1.86. The van der Waals surface area contributed by atoms with E-state index in [1.807, 2.05) is 11.8 Å². The molecule has 0 rings (SSSR count). The van der Waals surface area contributed by atoms with E-state index in [-0.39, 0.29) is 6.54 Å². The molecule has 0 radical (unpaired) electrons. The first-order chi connectivity index (χ1) is 5.77. The number of thioether (sulfide) groups is 1. The van der Waals surface area contributed by atoms with Gasteiger partial charge in [0.05, 0.1) is 6.54 Å². The smallest absolute Gasteiger partial charge is 0.317 e. The molecule has 2 N–H and O–H groups in total. The van der Waals surface area contributed by atoms with Crippen molar-refractivity contribution in [2.45, 2.75) is 19.3 Å². The van der Waals surface area contributed by atoms with Gasteiger partial charge < -0.3 is 10.4 Å². The van der Waals surface area contributed by atoms with E-state index in [0.29, 0.717) is 0 Å². The molecule has 0 bridgehead atoms. The van der Waals surface area contributed by atoms with Gasteiger partial charge in [-0.1, -0.05) is 6.42 Å². The molecule has 12 heavy (non-hydrogen) atoms. The van der Waals surface area contributed by atoms with Crippen LogP contribution in [0.5, 0.6) is 0 Å². The average molecular weight is 191 g/mol. The summed E-state index contributed by atoms with van der Waals surface area (Å²) in [5.41, 5.74) is 0. The van der Waals surface area contributed by atoms with Crippen molar-refractivity contribution in [1.29, 1.82) is 0 Å². The van der Waals surface area contributed by atoms with Crippen molar-refractivity contribution >= 4 is 17.7 Å². The van der Waals surface area contributed by atoms with Gasteiger partial charge in [0.15, 0.2) is 0 Å². The largest absolute Gasteiger partial charge is 0.480 e. The van der Waals surface area contributed by atoms with Gasteiger partial charge in [-0.15, -0.1) is 0 Å². The van der Waals surface area contributed by atoms with Gasteiger partial charge in [-0.05, 0) is 31.4 Å². The van der Waals surface area contributed by atoms with Crippen LogP contribution < -0.4 is 5.32 Å². The van der Waals surface area contributed by atoms with Crippen molar-refractivity contribution in [3.63, 3.8) is 0 Å². The maximum atomic E-state index is 10.1. The van der Waals surface area contributed by atoms with E-state index < -0.39 is 5.97 Å². The molecule has 0 aliphatic heterocycles. The molecule has 0 saturated heterocycles. The Hall–Kier alpha value is -0.220. The second-order valence-electron chi connectivity index (χ2n) is 2.62. The molecule has 4 heteroatoms. The number of carbonyl (C=O) groups is 1. The van der Waals surface area contributed by atoms with E-state index in [9.17, 15) is 4.79 Å². The van der Waals surface area contributed by atoms with Gasteiger partial charge >= 0.3 is 5.97 Å². The fourth-order valence-electron chi connectivity index (χ4n) is 0.868. The fraction of sp³-hybridized carbons (Fsp3) is 0.875. The number of hydrogen-bond donors (Lipinski definition) is 2. The van der Waals surface area contributed by atoms with Crippen molar-refractivity contribution in [1.82, 2.24) is 5.32 Å². The Bertz CT molecular complexity index is 120. The molecule has 0 amide bonds. The predicted octanol–water partition coefficient (Wildman–Crippen LogP) is 1.19. The molecule has 0 aromatic carbocycles. The normalized spacial score (nSPS) is 10.1. The molecule has 72 valence electrons. The Morgan fingerprint density at radius 1 is 1.42 bits per heavy atom. The number of carboxylic acid groups (broad SMARTS) is 1. The molecule has 0 unspecified atom stereocenters. The standard InChI is InChI=1S/C8H17NO2S/c1-12-6-4-2-3-5-9-7-8(10)11/h9H,2-7H2,1H3,(H,10,11). The number of aliphatic carboxylic acids is 1. The minimum Gasteiger partial charge on any atom is -0.480 e. The predicted molar refractivity (Wildman–Crippen MR) is 52.7 cm³/mol. The van der Waals surface area contributed by atoms with E-state index in [0.717, 1.165) is 13.0 Å². The highest BCUT2D eigenvalue weighted by atomic mass is 32.2. The quantitative estimate of drug-likeness (QED) is 0.566. The number of carboxylic acids is 1. The van der Waals surface area contributed by atoms with Crippen LogP contribution in [0.3, 0.4) is 0 Å². The zero-order valence-electron chi connectivity index (χ0n) is 7.51. The number of rotatable bonds is 8. The van der Waals surface area contributed by atoms with E-state index in [1.165, 1.54) is 18.6 Å². The van der Waals surface area contributed by atoms with Gasteiger partial charge in [0.25, 0.3) is 0 Å². The molecule has 0 aromatic rings. The molecule has 0 heterocycles. The van der Waals surface area contributed by atoms with Gasteiger partial charge in [-0.3, -0.25) is 4.79 Å². The average Bonchev–Trinajstić information content (AvgIpc) is 2.02. The summed E-state index contributed by atoms with van der Waals surface area (Å²) in [7, 11) is 0. The van der Waals surface area contributed by atoms with E-state index in [1.54, 1.807) is 0 Å². The summed E-state index contributed by atoms with van der Waals surface area (Å²) in [5.74, 6) is 0.429. The second-order valence-corrected chi connectivity index (χ2v) is 3.61. The third-order valence-corrected chi connectivity index (χ3v) is 2.18. The van der Waals surface area contributed by atoms with Gasteiger partial charge in [0.1, 0.15) is 0 Å². The third kappa shape index (κ3) is 9.78. The summed E-state index contributed by atoms with van der Waals surface area (Å²) in [5, 5.41) is 11.1. The third-order valence-electron chi connectivity index (χ3n) is 1.48. The first kappa shape index (κ1) is 11.8. The summed E-state index contributed by atoms with van der Waals surface area (Å²) in [6.07, 6.45) is 5.60. The molecule has 0 fully saturated rings. The Labute approximate surface area is 77.9 Å². The number of nitrogens with one attached hydrogen (secondary N) is 1. The van der Waals surface area contributed by atoms with Crippen molar-refractivity contribution in [2.24, 2.45) is 0 Å². The first-order valence-electron chi connectivity index (χ1n) is 4.19. The molecule has 0 saturated carbocycles. The maximum absolute atomic E-state index is 10.1. The minimum absolute atomic E-state index is 0.0858. The van der Waals surface area contributed by atoms with Crippen LogP contribution in [0.25, 0.3) is 0 Å². The SMILES string of the molecule is CSCCCCCNCC(=O)O. The highest BCUT2D eigenvalue weighted by Crippen LogP contribution is 2.00. The van der Waals surface area contributed by atoms with Crippen LogP contribution in [0.2, 0.25) is 0 Å². The van der Waals surface area contributed by atoms with Crippen molar-refractivity contribution in [3.8, 4) is 0 Å². The lowest BCUT2D eigenvalue weighted by Crippen LogP contribution is -2.23. The second kappa shape index (κ2) is 8.87. The molecule has 0 aliphatic carbocycles. The lowest BCUT2D eigenvalue weighted by molar-refractivity contribution is -0.135. The molecule has 0 aliphatic rings. The summed E-state index contributed by atoms with van der Waals surface area (Å²) < 4.78 is 0. The summed E-state index contributed by atoms with van der Waals surface area (Å²) in [4.78, 5) is 10.1. The van der Waals surface area contributed by atoms with Crippen LogP contribution in [0.4, 0.5) is 0 Å². The van der Waals surface area contributed by atoms with Gasteiger partial charge in [-0.25, -0.2) is 0 Å². The van der Waals surface area contributed by atoms with Gasteiger partial charge in [-0.2, -0.15) is 11.8 Å². The minimum atomic E-state index is -0.779. The molecule has 0 spiro atoms. The van der Waals surface area contributed by atoms with Gasteiger partial charge in [0.2, 0.25) is 0 Å². The van der Waals surface area contributed by atoms with Crippen molar-refractivity contribution in [2.75, 3.05) is 25.1 Å². The van der Waals surface area contributed by atoms with Crippen LogP contribution in [0.15, 0.2) is 0 Å². The zero-order valence-corrected chi connectivity index (χ0v) is 8.32. The fourth-order valence-corrected chi connectivity index (χ4v) is 1.36. The maximum Gasteiger partial charge on any atom is 0.317 e. The zero-order chi connectivity index (χ0) is 9.23. The summed E-state index contributed by atoms with van der Waals surface area (Å²) in [6.45, 7) is 0.906. The Kier molecular flexibility index (Phi) is 8.71. The monoisotopic (exact) mass is 191 g/mol. The lowest BCUT2D eigenvalue weighted by atomic mass is 10.2. The number of unbranched alkanes of at least 4 members (excludes halogenated alkanes) is 2. The lowest BCUT2D eigenvalue weighted by Gasteiger charge is -2.00. The topological polar surface area (TPSA) is 49.3 Å². The Balaban J connectivity index is 2.86. The van der Waals surface area contributed by atoms with Crippen LogP contribution in [0, 0.1) is 0 Å². The first-order valence-corrected chi connectivity index (χ1v) is 5.58. The highest BCUT2D eigenvalue weighted by molar-refractivity contribution is 7.98. The highest BCUT2D eigenvalue weighted by Gasteiger charge is 1.93. The summed E-state index contributed by atoms with van der Waals surface area (Å²) in [6, 6.07) is 0.